The molecule has 1 aromatic carbocycles. The summed E-state index contributed by atoms with van der Waals surface area (Å²) >= 11 is 0. The highest BCUT2D eigenvalue weighted by atomic mass is 35.5. The van der Waals surface area contributed by atoms with E-state index in [4.69, 9.17) is 4.74 Å². The second kappa shape index (κ2) is 8.44. The number of hydrogen-bond acceptors (Lipinski definition) is 4. The van der Waals surface area contributed by atoms with Gasteiger partial charge in [0.05, 0.1) is 18.8 Å². The Labute approximate surface area is 137 Å². The molecular formula is C14H21Cl2N3O2. The zero-order valence-electron chi connectivity index (χ0n) is 11.8. The van der Waals surface area contributed by atoms with Crippen LogP contribution in [0.2, 0.25) is 0 Å². The molecule has 1 amide bonds. The first-order chi connectivity index (χ1) is 9.34. The van der Waals surface area contributed by atoms with Gasteiger partial charge in [-0.25, -0.2) is 0 Å². The molecule has 1 aromatic rings. The van der Waals surface area contributed by atoms with Crippen LogP contribution in [0.1, 0.15) is 0 Å². The highest BCUT2D eigenvalue weighted by Crippen LogP contribution is 2.30. The fourth-order valence-electron chi connectivity index (χ4n) is 2.57. The molecule has 0 unspecified atom stereocenters. The summed E-state index contributed by atoms with van der Waals surface area (Å²) in [5, 5.41) is 3.30. The molecular weight excluding hydrogens is 313 g/mol. The van der Waals surface area contributed by atoms with Crippen LogP contribution in [0.3, 0.4) is 0 Å². The Balaban J connectivity index is 0.00000110. The molecule has 0 saturated carbocycles. The summed E-state index contributed by atoms with van der Waals surface area (Å²) < 4.78 is 5.58. The quantitative estimate of drug-likeness (QED) is 0.882. The van der Waals surface area contributed by atoms with Crippen LogP contribution in [0.4, 0.5) is 5.69 Å². The zero-order valence-corrected chi connectivity index (χ0v) is 13.4. The van der Waals surface area contributed by atoms with E-state index in [-0.39, 0.29) is 30.7 Å². The highest BCUT2D eigenvalue weighted by molar-refractivity contribution is 5.96. The summed E-state index contributed by atoms with van der Waals surface area (Å²) in [6, 6.07) is 7.74. The second-order valence-electron chi connectivity index (χ2n) is 4.89. The van der Waals surface area contributed by atoms with Gasteiger partial charge in [0.1, 0.15) is 12.4 Å². The molecule has 2 heterocycles. The van der Waals surface area contributed by atoms with Crippen molar-refractivity contribution in [3.63, 3.8) is 0 Å². The van der Waals surface area contributed by atoms with E-state index < -0.39 is 0 Å². The number of carbonyl (C=O) groups excluding carboxylic acids is 1. The molecule has 2 aliphatic rings. The number of benzene rings is 1. The molecule has 1 N–H and O–H groups in total. The molecule has 21 heavy (non-hydrogen) atoms. The van der Waals surface area contributed by atoms with E-state index in [1.165, 1.54) is 0 Å². The monoisotopic (exact) mass is 333 g/mol. The summed E-state index contributed by atoms with van der Waals surface area (Å²) in [4.78, 5) is 16.5. The van der Waals surface area contributed by atoms with Gasteiger partial charge in [-0.2, -0.15) is 0 Å². The summed E-state index contributed by atoms with van der Waals surface area (Å²) in [5.74, 6) is 0.972. The summed E-state index contributed by atoms with van der Waals surface area (Å²) in [5.41, 5.74) is 0.897. The van der Waals surface area contributed by atoms with Crippen LogP contribution in [-0.2, 0) is 4.79 Å². The normalized spacial score (nSPS) is 17.8. The molecule has 2 aliphatic heterocycles. The van der Waals surface area contributed by atoms with Gasteiger partial charge in [-0.15, -0.1) is 24.8 Å². The summed E-state index contributed by atoms with van der Waals surface area (Å²) in [6.45, 7) is 5.53. The van der Waals surface area contributed by atoms with Crippen LogP contribution in [0.5, 0.6) is 5.75 Å². The minimum atomic E-state index is 0. The average molecular weight is 334 g/mol. The standard InChI is InChI=1S/C14H19N3O2.2ClH/c18-14(11-16-7-5-15-6-8-16)17-9-10-19-13-4-2-1-3-12(13)17;;/h1-4,15H,5-11H2;2*1H. The lowest BCUT2D eigenvalue weighted by atomic mass is 10.2. The van der Waals surface area contributed by atoms with Gasteiger partial charge < -0.3 is 15.0 Å². The van der Waals surface area contributed by atoms with Gasteiger partial charge in [0.2, 0.25) is 5.91 Å². The van der Waals surface area contributed by atoms with Gasteiger partial charge in [0, 0.05) is 26.2 Å². The van der Waals surface area contributed by atoms with Crippen LogP contribution >= 0.6 is 24.8 Å². The van der Waals surface area contributed by atoms with E-state index in [2.05, 4.69) is 10.2 Å². The number of halogens is 2. The van der Waals surface area contributed by atoms with E-state index in [9.17, 15) is 4.79 Å². The van der Waals surface area contributed by atoms with Gasteiger partial charge in [0.25, 0.3) is 0 Å². The summed E-state index contributed by atoms with van der Waals surface area (Å²) in [6.07, 6.45) is 0. The highest BCUT2D eigenvalue weighted by Gasteiger charge is 2.25. The Kier molecular flexibility index (Phi) is 7.25. The molecule has 1 saturated heterocycles. The number of amides is 1. The van der Waals surface area contributed by atoms with Crippen LogP contribution in [0.25, 0.3) is 0 Å². The Hall–Kier alpha value is -1.01. The smallest absolute Gasteiger partial charge is 0.241 e. The predicted octanol–water partition coefficient (Wildman–Crippen LogP) is 1.16. The van der Waals surface area contributed by atoms with Crippen LogP contribution in [-0.4, -0.2) is 56.7 Å². The maximum atomic E-state index is 12.4. The number of carbonyl (C=O) groups is 1. The number of nitrogens with one attached hydrogen (secondary N) is 1. The number of hydrogen-bond donors (Lipinski definition) is 1. The van der Waals surface area contributed by atoms with Crippen molar-refractivity contribution in [1.82, 2.24) is 10.2 Å². The summed E-state index contributed by atoms with van der Waals surface area (Å²) in [7, 11) is 0. The molecule has 5 nitrogen and oxygen atoms in total. The minimum absolute atomic E-state index is 0. The van der Waals surface area contributed by atoms with Crippen LogP contribution in [0.15, 0.2) is 24.3 Å². The van der Waals surface area contributed by atoms with Gasteiger partial charge >= 0.3 is 0 Å². The predicted molar refractivity (Wildman–Crippen MR) is 88.1 cm³/mol. The molecule has 7 heteroatoms. The third-order valence-electron chi connectivity index (χ3n) is 3.60. The van der Waals surface area contributed by atoms with Crippen molar-refractivity contribution in [2.24, 2.45) is 0 Å². The van der Waals surface area contributed by atoms with Crippen molar-refractivity contribution >= 4 is 36.4 Å². The average Bonchev–Trinajstić information content (AvgIpc) is 2.47. The number of nitrogens with zero attached hydrogens (tertiary/aromatic N) is 2. The maximum absolute atomic E-state index is 12.4. The number of ether oxygens (including phenoxy) is 1. The third kappa shape index (κ3) is 4.23. The van der Waals surface area contributed by atoms with Gasteiger partial charge in [0.15, 0.2) is 0 Å². The largest absolute Gasteiger partial charge is 0.490 e. The topological polar surface area (TPSA) is 44.8 Å². The number of para-hydroxylation sites is 2. The maximum Gasteiger partial charge on any atom is 0.241 e. The SMILES string of the molecule is Cl.Cl.O=C(CN1CCNCC1)N1CCOc2ccccc21. The molecule has 1 fully saturated rings. The van der Waals surface area contributed by atoms with E-state index in [1.807, 2.05) is 29.2 Å². The second-order valence-corrected chi connectivity index (χ2v) is 4.89. The number of rotatable bonds is 2. The third-order valence-corrected chi connectivity index (χ3v) is 3.60. The van der Waals surface area contributed by atoms with Crippen LogP contribution in [0, 0.1) is 0 Å². The van der Waals surface area contributed by atoms with Crippen molar-refractivity contribution in [2.45, 2.75) is 0 Å². The molecule has 0 radical (unpaired) electrons. The van der Waals surface area contributed by atoms with Crippen molar-refractivity contribution in [3.05, 3.63) is 24.3 Å². The molecule has 3 rings (SSSR count). The molecule has 0 bridgehead atoms. The number of anilines is 1. The van der Waals surface area contributed by atoms with Crippen LogP contribution < -0.4 is 15.0 Å². The Bertz CT molecular complexity index is 467. The Morgan fingerprint density at radius 2 is 1.86 bits per heavy atom. The Morgan fingerprint density at radius 3 is 2.62 bits per heavy atom. The van der Waals surface area contributed by atoms with Crippen molar-refractivity contribution < 1.29 is 9.53 Å². The molecule has 0 atom stereocenters. The van der Waals surface area contributed by atoms with Crippen molar-refractivity contribution in [3.8, 4) is 5.75 Å². The fourth-order valence-corrected chi connectivity index (χ4v) is 2.57. The van der Waals surface area contributed by atoms with E-state index in [1.54, 1.807) is 0 Å². The number of piperazine rings is 1. The minimum Gasteiger partial charge on any atom is -0.490 e. The van der Waals surface area contributed by atoms with Crippen molar-refractivity contribution in [2.75, 3.05) is 50.8 Å². The van der Waals surface area contributed by atoms with Gasteiger partial charge in [-0.05, 0) is 12.1 Å². The van der Waals surface area contributed by atoms with E-state index in [0.717, 1.165) is 37.6 Å². The first-order valence-corrected chi connectivity index (χ1v) is 6.80. The first-order valence-electron chi connectivity index (χ1n) is 6.80. The first kappa shape index (κ1) is 18.0. The molecule has 0 aliphatic carbocycles. The Morgan fingerprint density at radius 1 is 1.14 bits per heavy atom. The lowest BCUT2D eigenvalue weighted by molar-refractivity contribution is -0.120. The zero-order chi connectivity index (χ0) is 13.1. The molecule has 118 valence electrons. The van der Waals surface area contributed by atoms with E-state index in [0.29, 0.717) is 19.7 Å². The van der Waals surface area contributed by atoms with Crippen molar-refractivity contribution in [1.29, 1.82) is 0 Å². The molecule has 0 spiro atoms. The van der Waals surface area contributed by atoms with E-state index >= 15 is 0 Å². The number of fused-ring (bicyclic) bond motifs is 1. The van der Waals surface area contributed by atoms with Gasteiger partial charge in [-0.3, -0.25) is 9.69 Å². The van der Waals surface area contributed by atoms with Gasteiger partial charge in [-0.1, -0.05) is 12.1 Å². The molecule has 0 aromatic heterocycles. The lowest BCUT2D eigenvalue weighted by Gasteiger charge is -2.32. The lowest BCUT2D eigenvalue weighted by Crippen LogP contribution is -2.49. The fraction of sp³-hybridized carbons (Fsp3) is 0.500.